The molecule has 0 aromatic carbocycles. The highest BCUT2D eigenvalue weighted by Crippen LogP contribution is 2.55. The maximum atomic E-state index is 11.9. The summed E-state index contributed by atoms with van der Waals surface area (Å²) in [6.07, 6.45) is 4.58. The van der Waals surface area contributed by atoms with Gasteiger partial charge in [-0.3, -0.25) is 4.79 Å². The van der Waals surface area contributed by atoms with Gasteiger partial charge in [-0.1, -0.05) is 20.4 Å². The summed E-state index contributed by atoms with van der Waals surface area (Å²) in [4.78, 5) is 22.9. The molecule has 0 aromatic heterocycles. The Morgan fingerprint density at radius 1 is 1.53 bits per heavy atom. The fourth-order valence-electron chi connectivity index (χ4n) is 3.45. The first-order chi connectivity index (χ1) is 8.71. The van der Waals surface area contributed by atoms with Crippen LogP contribution in [0.15, 0.2) is 24.3 Å². The van der Waals surface area contributed by atoms with Crippen LogP contribution in [0.1, 0.15) is 33.1 Å². The predicted molar refractivity (Wildman–Crippen MR) is 70.5 cm³/mol. The van der Waals surface area contributed by atoms with Crippen LogP contribution in [0.4, 0.5) is 0 Å². The number of hydrogen-bond acceptors (Lipinski definition) is 3. The molecule has 0 aliphatic heterocycles. The Balaban J connectivity index is 2.35. The number of ketones is 1. The van der Waals surface area contributed by atoms with E-state index in [2.05, 4.69) is 6.58 Å². The van der Waals surface area contributed by atoms with Gasteiger partial charge in [0.25, 0.3) is 0 Å². The van der Waals surface area contributed by atoms with Crippen molar-refractivity contribution < 1.29 is 19.8 Å². The molecule has 0 amide bonds. The van der Waals surface area contributed by atoms with E-state index in [1.807, 2.05) is 13.8 Å². The monoisotopic (exact) mass is 264 g/mol. The molecule has 0 heterocycles. The first kappa shape index (κ1) is 14.0. The van der Waals surface area contributed by atoms with Gasteiger partial charge in [-0.15, -0.1) is 0 Å². The molecular weight excluding hydrogens is 244 g/mol. The van der Waals surface area contributed by atoms with Gasteiger partial charge in [0.05, 0.1) is 5.60 Å². The van der Waals surface area contributed by atoms with Crippen molar-refractivity contribution in [2.75, 3.05) is 0 Å². The third kappa shape index (κ3) is 1.94. The summed E-state index contributed by atoms with van der Waals surface area (Å²) in [5.41, 5.74) is -1.46. The van der Waals surface area contributed by atoms with Crippen LogP contribution in [0.3, 0.4) is 0 Å². The zero-order valence-corrected chi connectivity index (χ0v) is 11.3. The van der Waals surface area contributed by atoms with E-state index >= 15 is 0 Å². The molecule has 0 bridgehead atoms. The molecule has 4 nitrogen and oxygen atoms in total. The minimum atomic E-state index is -1.02. The smallest absolute Gasteiger partial charge is 0.331 e. The second-order valence-electron chi connectivity index (χ2n) is 6.07. The number of aliphatic hydroxyl groups is 1. The molecule has 2 N–H and O–H groups in total. The Kier molecular flexibility index (Phi) is 3.17. The van der Waals surface area contributed by atoms with Crippen molar-refractivity contribution in [2.24, 2.45) is 17.3 Å². The summed E-state index contributed by atoms with van der Waals surface area (Å²) in [6.45, 7) is 7.31. The highest BCUT2D eigenvalue weighted by atomic mass is 16.4. The normalized spacial score (nSPS) is 41.7. The standard InChI is InChI=1S/C15H20O4/c1-9(13(17)18)11-4-6-15(19)7-5-12(16)10(2)14(15,3)8-11/h5,7,10-11,19H,1,4,6,8H2,2-3H3,(H,17,18)/t10-,11+,14+,15-/m0/s1. The molecule has 2 aliphatic rings. The summed E-state index contributed by atoms with van der Waals surface area (Å²) in [5.74, 6) is -1.49. The summed E-state index contributed by atoms with van der Waals surface area (Å²) >= 11 is 0. The van der Waals surface area contributed by atoms with Gasteiger partial charge in [-0.25, -0.2) is 4.79 Å². The second kappa shape index (κ2) is 4.30. The second-order valence-corrected chi connectivity index (χ2v) is 6.07. The first-order valence-corrected chi connectivity index (χ1v) is 6.59. The van der Waals surface area contributed by atoms with E-state index in [9.17, 15) is 14.7 Å². The van der Waals surface area contributed by atoms with Crippen molar-refractivity contribution in [3.63, 3.8) is 0 Å². The third-order valence-electron chi connectivity index (χ3n) is 5.21. The van der Waals surface area contributed by atoms with Gasteiger partial charge in [-0.2, -0.15) is 0 Å². The largest absolute Gasteiger partial charge is 0.478 e. The predicted octanol–water partition coefficient (Wildman–Crippen LogP) is 1.94. The van der Waals surface area contributed by atoms with Crippen molar-refractivity contribution >= 4 is 11.8 Å². The van der Waals surface area contributed by atoms with Gasteiger partial charge >= 0.3 is 5.97 Å². The Bertz CT molecular complexity index is 479. The van der Waals surface area contributed by atoms with Crippen LogP contribution in [0.25, 0.3) is 0 Å². The van der Waals surface area contributed by atoms with Gasteiger partial charge in [0.2, 0.25) is 0 Å². The van der Waals surface area contributed by atoms with Crippen LogP contribution < -0.4 is 0 Å². The lowest BCUT2D eigenvalue weighted by atomic mass is 9.52. The average Bonchev–Trinajstić information content (AvgIpc) is 2.36. The molecule has 104 valence electrons. The van der Waals surface area contributed by atoms with Crippen molar-refractivity contribution in [2.45, 2.75) is 38.7 Å². The molecule has 0 radical (unpaired) electrons. The van der Waals surface area contributed by atoms with Gasteiger partial charge in [0.15, 0.2) is 5.78 Å². The van der Waals surface area contributed by atoms with Crippen molar-refractivity contribution in [3.05, 3.63) is 24.3 Å². The SMILES string of the molecule is C=C(C(=O)O)[C@@H]1CC[C@]2(O)C=CC(=O)[C@H](C)[C@@]2(C)C1. The first-order valence-electron chi connectivity index (χ1n) is 6.59. The highest BCUT2D eigenvalue weighted by Gasteiger charge is 2.56. The molecule has 19 heavy (non-hydrogen) atoms. The molecular formula is C15H20O4. The van der Waals surface area contributed by atoms with Crippen LogP contribution in [0.2, 0.25) is 0 Å². The Hall–Kier alpha value is -1.42. The maximum Gasteiger partial charge on any atom is 0.331 e. The van der Waals surface area contributed by atoms with E-state index in [-0.39, 0.29) is 23.2 Å². The lowest BCUT2D eigenvalue weighted by Gasteiger charge is -2.54. The van der Waals surface area contributed by atoms with Crippen LogP contribution in [0.5, 0.6) is 0 Å². The number of hydrogen-bond donors (Lipinski definition) is 2. The number of rotatable bonds is 2. The Labute approximate surface area is 112 Å². The van der Waals surface area contributed by atoms with E-state index in [1.54, 1.807) is 6.08 Å². The molecule has 1 saturated carbocycles. The number of carbonyl (C=O) groups excluding carboxylic acids is 1. The maximum absolute atomic E-state index is 11.9. The molecule has 4 heteroatoms. The molecule has 1 fully saturated rings. The van der Waals surface area contributed by atoms with Crippen LogP contribution in [-0.2, 0) is 9.59 Å². The lowest BCUT2D eigenvalue weighted by molar-refractivity contribution is -0.145. The van der Waals surface area contributed by atoms with E-state index < -0.39 is 17.0 Å². The molecule has 0 spiro atoms. The highest BCUT2D eigenvalue weighted by molar-refractivity contribution is 5.93. The van der Waals surface area contributed by atoms with Crippen LogP contribution in [-0.4, -0.2) is 27.6 Å². The summed E-state index contributed by atoms with van der Waals surface area (Å²) in [5, 5.41) is 19.8. The number of fused-ring (bicyclic) bond motifs is 1. The van der Waals surface area contributed by atoms with Gasteiger partial charge in [0.1, 0.15) is 0 Å². The number of aliphatic carboxylic acids is 1. The minimum absolute atomic E-state index is 0.00578. The molecule has 0 aromatic rings. The Morgan fingerprint density at radius 2 is 2.16 bits per heavy atom. The zero-order valence-electron chi connectivity index (χ0n) is 11.3. The third-order valence-corrected chi connectivity index (χ3v) is 5.21. The number of carbonyl (C=O) groups is 2. The van der Waals surface area contributed by atoms with E-state index in [0.717, 1.165) is 0 Å². The topological polar surface area (TPSA) is 74.6 Å². The van der Waals surface area contributed by atoms with Gasteiger partial charge in [-0.05, 0) is 37.3 Å². The minimum Gasteiger partial charge on any atom is -0.478 e. The van der Waals surface area contributed by atoms with Gasteiger partial charge in [0, 0.05) is 16.9 Å². The van der Waals surface area contributed by atoms with E-state index in [1.165, 1.54) is 6.08 Å². The van der Waals surface area contributed by atoms with E-state index in [4.69, 9.17) is 5.11 Å². The molecule has 0 saturated heterocycles. The average molecular weight is 264 g/mol. The number of carboxylic acids is 1. The molecule has 2 rings (SSSR count). The molecule has 2 aliphatic carbocycles. The lowest BCUT2D eigenvalue weighted by Crippen LogP contribution is -2.56. The molecule has 0 unspecified atom stereocenters. The number of carboxylic acid groups (broad SMARTS) is 1. The van der Waals surface area contributed by atoms with Crippen molar-refractivity contribution in [1.29, 1.82) is 0 Å². The fourth-order valence-corrected chi connectivity index (χ4v) is 3.45. The zero-order chi connectivity index (χ0) is 14.4. The molecule has 4 atom stereocenters. The summed E-state index contributed by atoms with van der Waals surface area (Å²) in [6, 6.07) is 0. The number of allylic oxidation sites excluding steroid dienone is 1. The van der Waals surface area contributed by atoms with Crippen molar-refractivity contribution in [3.8, 4) is 0 Å². The van der Waals surface area contributed by atoms with E-state index in [0.29, 0.717) is 19.3 Å². The fraction of sp³-hybridized carbons (Fsp3) is 0.600. The summed E-state index contributed by atoms with van der Waals surface area (Å²) < 4.78 is 0. The van der Waals surface area contributed by atoms with Crippen LogP contribution in [0, 0.1) is 17.3 Å². The summed E-state index contributed by atoms with van der Waals surface area (Å²) in [7, 11) is 0. The van der Waals surface area contributed by atoms with Gasteiger partial charge < -0.3 is 10.2 Å². The van der Waals surface area contributed by atoms with Crippen molar-refractivity contribution in [1.82, 2.24) is 0 Å². The Morgan fingerprint density at radius 3 is 2.74 bits per heavy atom. The quantitative estimate of drug-likeness (QED) is 0.747. The van der Waals surface area contributed by atoms with Crippen LogP contribution >= 0.6 is 0 Å².